The Hall–Kier alpha value is -2.88. The molecule has 1 fully saturated rings. The molecule has 1 aromatic carbocycles. The molecule has 3 aromatic rings. The second kappa shape index (κ2) is 6.79. The molecule has 9 heteroatoms. The summed E-state index contributed by atoms with van der Waals surface area (Å²) in [4.78, 5) is 17.1. The molecule has 4 N–H and O–H groups in total. The normalized spacial score (nSPS) is 23.2. The number of hydrogen-bond acceptors (Lipinski definition) is 8. The number of aliphatic imine (C=N–C) groups is 1. The number of rotatable bonds is 4. The van der Waals surface area contributed by atoms with Crippen molar-refractivity contribution in [3.63, 3.8) is 0 Å². The number of fused-ring (bicyclic) bond motifs is 1. The zero-order chi connectivity index (χ0) is 18.1. The second-order valence-electron chi connectivity index (χ2n) is 6.02. The van der Waals surface area contributed by atoms with Gasteiger partial charge in [-0.25, -0.2) is 9.98 Å². The van der Waals surface area contributed by atoms with E-state index in [4.69, 9.17) is 10.5 Å². The van der Waals surface area contributed by atoms with E-state index in [9.17, 15) is 10.2 Å². The Bertz CT molecular complexity index is 942. The van der Waals surface area contributed by atoms with Gasteiger partial charge in [-0.1, -0.05) is 30.3 Å². The van der Waals surface area contributed by atoms with E-state index in [1.54, 1.807) is 10.8 Å². The van der Waals surface area contributed by atoms with Gasteiger partial charge in [0.2, 0.25) is 0 Å². The third-order valence-corrected chi connectivity index (χ3v) is 4.26. The fourth-order valence-electron chi connectivity index (χ4n) is 2.92. The van der Waals surface area contributed by atoms with E-state index in [1.165, 1.54) is 6.33 Å². The zero-order valence-corrected chi connectivity index (χ0v) is 13.8. The van der Waals surface area contributed by atoms with E-state index in [0.717, 1.165) is 5.56 Å². The Morgan fingerprint density at radius 2 is 2.12 bits per heavy atom. The van der Waals surface area contributed by atoms with Gasteiger partial charge in [0.15, 0.2) is 11.5 Å². The lowest BCUT2D eigenvalue weighted by Crippen LogP contribution is -2.24. The molecule has 26 heavy (non-hydrogen) atoms. The molecule has 2 aromatic heterocycles. The van der Waals surface area contributed by atoms with Crippen LogP contribution in [-0.2, 0) is 4.74 Å². The third-order valence-electron chi connectivity index (χ3n) is 4.26. The summed E-state index contributed by atoms with van der Waals surface area (Å²) in [6.45, 7) is -0.256. The maximum absolute atomic E-state index is 9.95. The van der Waals surface area contributed by atoms with Crippen molar-refractivity contribution in [1.82, 2.24) is 19.5 Å². The highest BCUT2D eigenvalue weighted by Crippen LogP contribution is 2.31. The van der Waals surface area contributed by atoms with E-state index in [1.807, 2.05) is 30.3 Å². The molecule has 0 aliphatic carbocycles. The Morgan fingerprint density at radius 3 is 2.85 bits per heavy atom. The maximum Gasteiger partial charge on any atom is 0.253 e. The molecule has 3 atom stereocenters. The minimum atomic E-state index is -0.753. The fraction of sp³-hybridized carbons (Fsp3) is 0.294. The largest absolute Gasteiger partial charge is 0.394 e. The maximum atomic E-state index is 9.95. The van der Waals surface area contributed by atoms with Gasteiger partial charge >= 0.3 is 0 Å². The number of aromatic nitrogens is 4. The van der Waals surface area contributed by atoms with Crippen LogP contribution < -0.4 is 5.73 Å². The predicted octanol–water partition coefficient (Wildman–Crippen LogP) is 0.800. The highest BCUT2D eigenvalue weighted by molar-refractivity contribution is 5.84. The molecule has 9 nitrogen and oxygen atoms in total. The summed E-state index contributed by atoms with van der Waals surface area (Å²) >= 11 is 0. The minimum absolute atomic E-state index is 0.206. The molecule has 1 aliphatic heterocycles. The minimum Gasteiger partial charge on any atom is -0.394 e. The number of benzene rings is 1. The molecule has 1 unspecified atom stereocenters. The number of aliphatic hydroxyl groups is 2. The highest BCUT2D eigenvalue weighted by atomic mass is 16.5. The summed E-state index contributed by atoms with van der Waals surface area (Å²) in [7, 11) is 0. The zero-order valence-electron chi connectivity index (χ0n) is 13.8. The van der Waals surface area contributed by atoms with Crippen molar-refractivity contribution in [2.24, 2.45) is 4.99 Å². The number of imidazole rings is 1. The SMILES string of the molecule is Nc1nc(N=Cc2ccccc2)nc2c1ncn2[C@H]1CC(O)[C@@H](CO)O1. The molecule has 0 saturated carbocycles. The number of nitrogens with two attached hydrogens (primary N) is 1. The first-order chi connectivity index (χ1) is 12.7. The van der Waals surface area contributed by atoms with Crippen LogP contribution in [0.4, 0.5) is 11.8 Å². The molecule has 4 rings (SSSR count). The monoisotopic (exact) mass is 354 g/mol. The van der Waals surface area contributed by atoms with Gasteiger partial charge in [-0.2, -0.15) is 9.97 Å². The van der Waals surface area contributed by atoms with Crippen molar-refractivity contribution >= 4 is 29.1 Å². The van der Waals surface area contributed by atoms with Crippen LogP contribution in [0.25, 0.3) is 11.2 Å². The first-order valence-corrected chi connectivity index (χ1v) is 8.19. The third kappa shape index (κ3) is 3.03. The number of hydrogen-bond donors (Lipinski definition) is 3. The summed E-state index contributed by atoms with van der Waals surface area (Å²) in [6, 6.07) is 9.58. The van der Waals surface area contributed by atoms with Gasteiger partial charge in [-0.15, -0.1) is 0 Å². The van der Waals surface area contributed by atoms with Gasteiger partial charge in [-0.05, 0) is 5.56 Å². The van der Waals surface area contributed by atoms with Gasteiger partial charge in [0.25, 0.3) is 5.95 Å². The smallest absolute Gasteiger partial charge is 0.253 e. The average Bonchev–Trinajstić information content (AvgIpc) is 3.24. The molecule has 0 spiro atoms. The Kier molecular flexibility index (Phi) is 4.33. The summed E-state index contributed by atoms with van der Waals surface area (Å²) in [5.74, 6) is 0.420. The van der Waals surface area contributed by atoms with Crippen LogP contribution in [0.3, 0.4) is 0 Å². The Labute approximate surface area is 148 Å². The average molecular weight is 354 g/mol. The van der Waals surface area contributed by atoms with E-state index in [2.05, 4.69) is 19.9 Å². The Morgan fingerprint density at radius 1 is 1.31 bits per heavy atom. The molecule has 0 radical (unpaired) electrons. The molecular formula is C17H18N6O3. The van der Waals surface area contributed by atoms with E-state index < -0.39 is 18.4 Å². The van der Waals surface area contributed by atoms with Crippen molar-refractivity contribution in [2.75, 3.05) is 12.3 Å². The van der Waals surface area contributed by atoms with Crippen molar-refractivity contribution < 1.29 is 14.9 Å². The standard InChI is InChI=1S/C17H18N6O3/c18-15-14-16(22-17(21-15)19-7-10-4-2-1-3-5-10)23(9-20-14)13-6-11(25)12(8-24)26-13/h1-5,7,9,11-13,24-25H,6,8H2,(H2,18,21,22)/t11?,12-,13-/m1/s1. The van der Waals surface area contributed by atoms with Crippen molar-refractivity contribution in [2.45, 2.75) is 24.9 Å². The lowest BCUT2D eigenvalue weighted by Gasteiger charge is -2.13. The van der Waals surface area contributed by atoms with E-state index >= 15 is 0 Å². The van der Waals surface area contributed by atoms with Crippen LogP contribution >= 0.6 is 0 Å². The summed E-state index contributed by atoms with van der Waals surface area (Å²) < 4.78 is 7.34. The summed E-state index contributed by atoms with van der Waals surface area (Å²) in [5.41, 5.74) is 7.81. The first kappa shape index (κ1) is 16.6. The summed E-state index contributed by atoms with van der Waals surface area (Å²) in [5, 5.41) is 19.2. The number of ether oxygens (including phenoxy) is 1. The summed E-state index contributed by atoms with van der Waals surface area (Å²) in [6.07, 6.45) is 1.64. The van der Waals surface area contributed by atoms with Crippen LogP contribution in [-0.4, -0.2) is 54.8 Å². The van der Waals surface area contributed by atoms with E-state index in [0.29, 0.717) is 17.6 Å². The fourth-order valence-corrected chi connectivity index (χ4v) is 2.92. The van der Waals surface area contributed by atoms with Crippen molar-refractivity contribution in [3.05, 3.63) is 42.2 Å². The van der Waals surface area contributed by atoms with Gasteiger partial charge in [0, 0.05) is 12.6 Å². The van der Waals surface area contributed by atoms with Gasteiger partial charge in [-0.3, -0.25) is 4.57 Å². The molecule has 3 heterocycles. The van der Waals surface area contributed by atoms with Gasteiger partial charge in [0.05, 0.1) is 19.0 Å². The van der Waals surface area contributed by atoms with Crippen LogP contribution in [0.15, 0.2) is 41.7 Å². The number of nitrogens with zero attached hydrogens (tertiary/aromatic N) is 5. The van der Waals surface area contributed by atoms with Crippen LogP contribution in [0.2, 0.25) is 0 Å². The molecule has 0 amide bonds. The number of nitrogen functional groups attached to an aromatic ring is 1. The topological polar surface area (TPSA) is 132 Å². The molecule has 1 aliphatic rings. The number of aliphatic hydroxyl groups excluding tert-OH is 2. The quantitative estimate of drug-likeness (QED) is 0.590. The first-order valence-electron chi connectivity index (χ1n) is 8.19. The lowest BCUT2D eigenvalue weighted by molar-refractivity contribution is -0.0432. The molecule has 0 bridgehead atoms. The van der Waals surface area contributed by atoms with Crippen molar-refractivity contribution in [1.29, 1.82) is 0 Å². The molecule has 134 valence electrons. The molecular weight excluding hydrogens is 336 g/mol. The lowest BCUT2D eigenvalue weighted by atomic mass is 10.2. The number of anilines is 1. The predicted molar refractivity (Wildman–Crippen MR) is 95.1 cm³/mol. The van der Waals surface area contributed by atoms with Gasteiger partial charge in [0.1, 0.15) is 17.8 Å². The van der Waals surface area contributed by atoms with Crippen LogP contribution in [0, 0.1) is 0 Å². The van der Waals surface area contributed by atoms with Crippen molar-refractivity contribution in [3.8, 4) is 0 Å². The highest BCUT2D eigenvalue weighted by Gasteiger charge is 2.35. The van der Waals surface area contributed by atoms with Crippen LogP contribution in [0.1, 0.15) is 18.2 Å². The Balaban J connectivity index is 1.69. The second-order valence-corrected chi connectivity index (χ2v) is 6.02. The van der Waals surface area contributed by atoms with Crippen LogP contribution in [0.5, 0.6) is 0 Å². The molecule has 1 saturated heterocycles. The van der Waals surface area contributed by atoms with Gasteiger partial charge < -0.3 is 20.7 Å². The van der Waals surface area contributed by atoms with E-state index in [-0.39, 0.29) is 18.4 Å².